The summed E-state index contributed by atoms with van der Waals surface area (Å²) in [5.41, 5.74) is 1.36. The minimum absolute atomic E-state index is 0.846. The van der Waals surface area contributed by atoms with Crippen LogP contribution in [0.3, 0.4) is 0 Å². The van der Waals surface area contributed by atoms with Gasteiger partial charge in [0.2, 0.25) is 0 Å². The SMILES string of the molecule is CC(=CC=CN1CCCC(C)C1)C=[N+]1CCCC(C)C1. The van der Waals surface area contributed by atoms with E-state index < -0.39 is 0 Å². The largest absolute Gasteiger partial charge is 0.377 e. The van der Waals surface area contributed by atoms with Crippen molar-refractivity contribution in [2.24, 2.45) is 11.8 Å². The Balaban J connectivity index is 1.85. The molecule has 0 saturated carbocycles. The Labute approximate surface area is 124 Å². The Kier molecular flexibility index (Phi) is 5.87. The van der Waals surface area contributed by atoms with E-state index >= 15 is 0 Å². The first-order chi connectivity index (χ1) is 9.63. The van der Waals surface area contributed by atoms with Crippen LogP contribution in [0.4, 0.5) is 0 Å². The molecule has 0 spiro atoms. The molecule has 0 N–H and O–H groups in total. The van der Waals surface area contributed by atoms with Gasteiger partial charge in [0.1, 0.15) is 13.1 Å². The molecule has 2 heterocycles. The Morgan fingerprint density at radius 3 is 2.70 bits per heavy atom. The first kappa shape index (κ1) is 15.3. The summed E-state index contributed by atoms with van der Waals surface area (Å²) in [6, 6.07) is 0. The molecule has 2 unspecified atom stereocenters. The van der Waals surface area contributed by atoms with Gasteiger partial charge in [-0.25, -0.2) is 4.58 Å². The second-order valence-electron chi connectivity index (χ2n) is 6.87. The van der Waals surface area contributed by atoms with Crippen molar-refractivity contribution in [2.45, 2.75) is 46.5 Å². The van der Waals surface area contributed by atoms with Gasteiger partial charge in [0.25, 0.3) is 0 Å². The van der Waals surface area contributed by atoms with E-state index in [1.165, 1.54) is 57.4 Å². The average Bonchev–Trinajstić information content (AvgIpc) is 2.38. The van der Waals surface area contributed by atoms with Crippen LogP contribution in [0, 0.1) is 11.8 Å². The minimum atomic E-state index is 0.846. The van der Waals surface area contributed by atoms with E-state index in [1.54, 1.807) is 0 Å². The Morgan fingerprint density at radius 2 is 1.95 bits per heavy atom. The van der Waals surface area contributed by atoms with Gasteiger partial charge in [-0.3, -0.25) is 0 Å². The smallest absolute Gasteiger partial charge is 0.166 e. The van der Waals surface area contributed by atoms with Gasteiger partial charge >= 0.3 is 0 Å². The van der Waals surface area contributed by atoms with Crippen molar-refractivity contribution in [1.29, 1.82) is 0 Å². The average molecular weight is 275 g/mol. The normalized spacial score (nSPS) is 31.2. The van der Waals surface area contributed by atoms with E-state index in [-0.39, 0.29) is 0 Å². The third-order valence-corrected chi connectivity index (χ3v) is 4.42. The standard InChI is InChI=1S/C18H31N2/c1-16-7-4-10-19(13-16)11-5-8-17(2)14-20-12-6-9-18(3)15-20/h5,8,11,14,16,18H,4,6-7,9-10,12-13,15H2,1-3H3/q+1. The van der Waals surface area contributed by atoms with Crippen LogP contribution >= 0.6 is 0 Å². The molecule has 2 saturated heterocycles. The summed E-state index contributed by atoms with van der Waals surface area (Å²) in [7, 11) is 0. The molecular weight excluding hydrogens is 244 g/mol. The van der Waals surface area contributed by atoms with Gasteiger partial charge < -0.3 is 4.90 Å². The van der Waals surface area contributed by atoms with Crippen molar-refractivity contribution in [2.75, 3.05) is 26.2 Å². The van der Waals surface area contributed by atoms with E-state index in [4.69, 9.17) is 0 Å². The molecule has 0 radical (unpaired) electrons. The summed E-state index contributed by atoms with van der Waals surface area (Å²) in [6.07, 6.45) is 14.5. The number of nitrogens with zero attached hydrogens (tertiary/aromatic N) is 2. The van der Waals surface area contributed by atoms with Gasteiger partial charge in [-0.15, -0.1) is 0 Å². The summed E-state index contributed by atoms with van der Waals surface area (Å²) in [5.74, 6) is 1.69. The molecule has 0 aromatic rings. The van der Waals surface area contributed by atoms with Gasteiger partial charge in [0, 0.05) is 31.0 Å². The molecule has 0 aliphatic carbocycles. The zero-order valence-electron chi connectivity index (χ0n) is 13.5. The van der Waals surface area contributed by atoms with E-state index in [9.17, 15) is 0 Å². The van der Waals surface area contributed by atoms with Crippen LogP contribution in [0.5, 0.6) is 0 Å². The highest BCUT2D eigenvalue weighted by molar-refractivity contribution is 5.73. The molecule has 0 bridgehead atoms. The third-order valence-electron chi connectivity index (χ3n) is 4.42. The topological polar surface area (TPSA) is 6.25 Å². The molecule has 2 atom stereocenters. The van der Waals surface area contributed by atoms with Crippen LogP contribution in [0.25, 0.3) is 0 Å². The molecule has 2 aliphatic rings. The number of piperidine rings is 2. The zero-order chi connectivity index (χ0) is 14.4. The second kappa shape index (κ2) is 7.66. The Morgan fingerprint density at radius 1 is 1.15 bits per heavy atom. The van der Waals surface area contributed by atoms with Gasteiger partial charge in [-0.1, -0.05) is 19.9 Å². The van der Waals surface area contributed by atoms with Crippen LogP contribution in [0.2, 0.25) is 0 Å². The lowest BCUT2D eigenvalue weighted by molar-refractivity contribution is -0.540. The van der Waals surface area contributed by atoms with Crippen molar-refractivity contribution < 1.29 is 4.58 Å². The summed E-state index contributed by atoms with van der Waals surface area (Å²) < 4.78 is 2.48. The van der Waals surface area contributed by atoms with Crippen LogP contribution in [-0.2, 0) is 0 Å². The molecule has 2 fully saturated rings. The van der Waals surface area contributed by atoms with Crippen molar-refractivity contribution in [1.82, 2.24) is 4.90 Å². The maximum Gasteiger partial charge on any atom is 0.166 e. The molecular formula is C18H31N2+. The predicted molar refractivity (Wildman–Crippen MR) is 87.3 cm³/mol. The summed E-state index contributed by atoms with van der Waals surface area (Å²) >= 11 is 0. The second-order valence-corrected chi connectivity index (χ2v) is 6.87. The first-order valence-corrected chi connectivity index (χ1v) is 8.31. The number of rotatable bonds is 3. The lowest BCUT2D eigenvalue weighted by atomic mass is 10.0. The van der Waals surface area contributed by atoms with Crippen molar-refractivity contribution in [3.8, 4) is 0 Å². The fourth-order valence-corrected chi connectivity index (χ4v) is 3.35. The lowest BCUT2D eigenvalue weighted by Crippen LogP contribution is -2.29. The minimum Gasteiger partial charge on any atom is -0.377 e. The lowest BCUT2D eigenvalue weighted by Gasteiger charge is -2.29. The molecule has 0 amide bonds. The molecule has 0 aromatic carbocycles. The van der Waals surface area contributed by atoms with Crippen LogP contribution in [0.15, 0.2) is 23.9 Å². The van der Waals surface area contributed by atoms with Gasteiger partial charge in [-0.2, -0.15) is 0 Å². The first-order valence-electron chi connectivity index (χ1n) is 8.31. The number of allylic oxidation sites excluding steroid dienone is 3. The van der Waals surface area contributed by atoms with Gasteiger partial charge in [0.05, 0.1) is 0 Å². The quantitative estimate of drug-likeness (QED) is 0.562. The maximum absolute atomic E-state index is 2.48. The van der Waals surface area contributed by atoms with Gasteiger partial charge in [0.15, 0.2) is 6.21 Å². The fourth-order valence-electron chi connectivity index (χ4n) is 3.35. The third kappa shape index (κ3) is 5.15. The van der Waals surface area contributed by atoms with Crippen LogP contribution < -0.4 is 0 Å². The molecule has 2 heteroatoms. The van der Waals surface area contributed by atoms with Crippen molar-refractivity contribution in [3.63, 3.8) is 0 Å². The summed E-state index contributed by atoms with van der Waals surface area (Å²) in [5, 5.41) is 0. The Bertz CT molecular complexity index is 392. The maximum atomic E-state index is 2.48. The van der Waals surface area contributed by atoms with E-state index in [0.717, 1.165) is 11.8 Å². The molecule has 2 nitrogen and oxygen atoms in total. The summed E-state index contributed by atoms with van der Waals surface area (Å²) in [4.78, 5) is 2.46. The summed E-state index contributed by atoms with van der Waals surface area (Å²) in [6.45, 7) is 11.8. The molecule has 2 aliphatic heterocycles. The number of hydrogen-bond donors (Lipinski definition) is 0. The number of hydrogen-bond acceptors (Lipinski definition) is 1. The van der Waals surface area contributed by atoms with Crippen LogP contribution in [-0.4, -0.2) is 41.9 Å². The molecule has 0 aromatic heterocycles. The Hall–Kier alpha value is -1.05. The highest BCUT2D eigenvalue weighted by atomic mass is 15.1. The van der Waals surface area contributed by atoms with Crippen molar-refractivity contribution in [3.05, 3.63) is 23.9 Å². The predicted octanol–water partition coefficient (Wildman–Crippen LogP) is 3.69. The fraction of sp³-hybridized carbons (Fsp3) is 0.722. The van der Waals surface area contributed by atoms with Gasteiger partial charge in [-0.05, 0) is 44.4 Å². The zero-order valence-corrected chi connectivity index (χ0v) is 13.5. The molecule has 2 rings (SSSR count). The monoisotopic (exact) mass is 275 g/mol. The van der Waals surface area contributed by atoms with Crippen molar-refractivity contribution >= 4 is 6.21 Å². The highest BCUT2D eigenvalue weighted by Crippen LogP contribution is 2.15. The van der Waals surface area contributed by atoms with Crippen LogP contribution in [0.1, 0.15) is 46.5 Å². The molecule has 20 heavy (non-hydrogen) atoms. The highest BCUT2D eigenvalue weighted by Gasteiger charge is 2.17. The van der Waals surface area contributed by atoms with E-state index in [1.807, 2.05) is 0 Å². The van der Waals surface area contributed by atoms with E-state index in [0.29, 0.717) is 0 Å². The molecule has 112 valence electrons. The number of likely N-dealkylation sites (tertiary alicyclic amines) is 1. The van der Waals surface area contributed by atoms with E-state index in [2.05, 4.69) is 54.8 Å².